The molecule has 0 saturated carbocycles. The van der Waals surface area contributed by atoms with Crippen LogP contribution in [-0.2, 0) is 10.0 Å². The van der Waals surface area contributed by atoms with E-state index in [0.29, 0.717) is 13.1 Å². The topological polar surface area (TPSA) is 75.7 Å². The molecule has 1 fully saturated rings. The number of aryl methyl sites for hydroxylation is 1. The molecule has 168 valence electrons. The van der Waals surface area contributed by atoms with Crippen LogP contribution in [-0.4, -0.2) is 38.8 Å². The zero-order chi connectivity index (χ0) is 22.6. The van der Waals surface area contributed by atoms with Crippen molar-refractivity contribution in [1.29, 1.82) is 0 Å². The van der Waals surface area contributed by atoms with E-state index < -0.39 is 10.0 Å². The summed E-state index contributed by atoms with van der Waals surface area (Å²) >= 11 is 0. The maximum absolute atomic E-state index is 13.4. The second-order valence-electron chi connectivity index (χ2n) is 8.33. The predicted octanol–water partition coefficient (Wildman–Crippen LogP) is 4.94. The molecular weight excluding hydrogens is 412 g/mol. The maximum atomic E-state index is 13.4. The van der Waals surface area contributed by atoms with E-state index in [9.17, 15) is 13.2 Å². The fraction of sp³-hybridized carbons (Fsp3) is 0.458. The van der Waals surface area contributed by atoms with Gasteiger partial charge in [-0.1, -0.05) is 44.9 Å². The fourth-order valence-electron chi connectivity index (χ4n) is 3.97. The minimum Gasteiger partial charge on any atom is -0.495 e. The first-order valence-electron chi connectivity index (χ1n) is 10.8. The van der Waals surface area contributed by atoms with Gasteiger partial charge in [0.2, 0.25) is 10.0 Å². The number of hydrogen-bond acceptors (Lipinski definition) is 4. The summed E-state index contributed by atoms with van der Waals surface area (Å²) in [7, 11) is -2.32. The predicted molar refractivity (Wildman–Crippen MR) is 123 cm³/mol. The van der Waals surface area contributed by atoms with Gasteiger partial charge in [-0.2, -0.15) is 4.31 Å². The number of rotatable bonds is 6. The quantitative estimate of drug-likeness (QED) is 0.684. The SMILES string of the molecule is COc1ccc(C(=O)Nc2c(C)cccc2C(C)C)cc1S(=O)(=O)N1CCCCCC1. The second-order valence-corrected chi connectivity index (χ2v) is 10.2. The van der Waals surface area contributed by atoms with Crippen molar-refractivity contribution in [3.8, 4) is 5.75 Å². The number of ether oxygens (including phenoxy) is 1. The van der Waals surface area contributed by atoms with Gasteiger partial charge in [0.05, 0.1) is 7.11 Å². The van der Waals surface area contributed by atoms with Crippen LogP contribution in [0.4, 0.5) is 5.69 Å². The van der Waals surface area contributed by atoms with Gasteiger partial charge in [-0.15, -0.1) is 0 Å². The van der Waals surface area contributed by atoms with Gasteiger partial charge in [-0.3, -0.25) is 4.79 Å². The summed E-state index contributed by atoms with van der Waals surface area (Å²) in [5, 5.41) is 2.99. The van der Waals surface area contributed by atoms with Crippen LogP contribution in [0.2, 0.25) is 0 Å². The van der Waals surface area contributed by atoms with Gasteiger partial charge >= 0.3 is 0 Å². The number of benzene rings is 2. The molecule has 2 aromatic carbocycles. The normalized spacial score (nSPS) is 15.5. The number of nitrogens with zero attached hydrogens (tertiary/aromatic N) is 1. The molecule has 0 aromatic heterocycles. The van der Waals surface area contributed by atoms with Crippen molar-refractivity contribution in [2.45, 2.75) is 57.3 Å². The molecule has 3 rings (SSSR count). The zero-order valence-electron chi connectivity index (χ0n) is 18.8. The molecule has 1 heterocycles. The van der Waals surface area contributed by atoms with E-state index in [0.717, 1.165) is 42.5 Å². The van der Waals surface area contributed by atoms with E-state index in [-0.39, 0.29) is 28.0 Å². The third-order valence-electron chi connectivity index (χ3n) is 5.77. The molecule has 0 unspecified atom stereocenters. The van der Waals surface area contributed by atoms with Crippen LogP contribution in [0, 0.1) is 6.92 Å². The number of hydrogen-bond donors (Lipinski definition) is 1. The number of anilines is 1. The molecule has 2 aromatic rings. The first-order chi connectivity index (χ1) is 14.8. The molecule has 6 nitrogen and oxygen atoms in total. The molecular formula is C24H32N2O4S. The number of methoxy groups -OCH3 is 1. The van der Waals surface area contributed by atoms with E-state index in [1.54, 1.807) is 12.1 Å². The molecule has 1 aliphatic rings. The summed E-state index contributed by atoms with van der Waals surface area (Å²) in [5.74, 6) is 0.149. The average Bonchev–Trinajstić information content (AvgIpc) is 3.04. The molecule has 0 radical (unpaired) electrons. The lowest BCUT2D eigenvalue weighted by molar-refractivity contribution is 0.102. The maximum Gasteiger partial charge on any atom is 0.255 e. The summed E-state index contributed by atoms with van der Waals surface area (Å²) in [4.78, 5) is 13.1. The Morgan fingerprint density at radius 3 is 2.35 bits per heavy atom. The molecule has 0 atom stereocenters. The first-order valence-corrected chi connectivity index (χ1v) is 12.3. The van der Waals surface area contributed by atoms with Crippen molar-refractivity contribution in [3.63, 3.8) is 0 Å². The molecule has 1 amide bonds. The van der Waals surface area contributed by atoms with Crippen LogP contribution in [0.1, 0.15) is 66.9 Å². The molecule has 1 N–H and O–H groups in total. The van der Waals surface area contributed by atoms with Crippen molar-refractivity contribution in [2.24, 2.45) is 0 Å². The Labute approximate surface area is 185 Å². The number of sulfonamides is 1. The number of amides is 1. The third-order valence-corrected chi connectivity index (χ3v) is 7.69. The molecule has 1 aliphatic heterocycles. The van der Waals surface area contributed by atoms with Crippen molar-refractivity contribution in [2.75, 3.05) is 25.5 Å². The highest BCUT2D eigenvalue weighted by Gasteiger charge is 2.29. The zero-order valence-corrected chi connectivity index (χ0v) is 19.6. The van der Waals surface area contributed by atoms with Crippen molar-refractivity contribution in [1.82, 2.24) is 4.31 Å². The number of carbonyl (C=O) groups is 1. The largest absolute Gasteiger partial charge is 0.495 e. The van der Waals surface area contributed by atoms with Crippen LogP contribution < -0.4 is 10.1 Å². The highest BCUT2D eigenvalue weighted by molar-refractivity contribution is 7.89. The summed E-state index contributed by atoms with van der Waals surface area (Å²) in [6.07, 6.45) is 3.74. The number of nitrogens with one attached hydrogen (secondary N) is 1. The molecule has 1 saturated heterocycles. The van der Waals surface area contributed by atoms with E-state index in [2.05, 4.69) is 19.2 Å². The second kappa shape index (κ2) is 9.83. The fourth-order valence-corrected chi connectivity index (χ4v) is 5.67. The van der Waals surface area contributed by atoms with Crippen molar-refractivity contribution < 1.29 is 17.9 Å². The molecule has 0 bridgehead atoms. The Kier molecular flexibility index (Phi) is 7.38. The van der Waals surface area contributed by atoms with Crippen LogP contribution >= 0.6 is 0 Å². The standard InChI is InChI=1S/C24H32N2O4S/c1-17(2)20-11-9-10-18(3)23(20)25-24(27)19-12-13-21(30-4)22(16-19)31(28,29)26-14-7-5-6-8-15-26/h9-13,16-17H,5-8,14-15H2,1-4H3,(H,25,27). The van der Waals surface area contributed by atoms with Crippen molar-refractivity contribution in [3.05, 3.63) is 53.1 Å². The van der Waals surface area contributed by atoms with E-state index >= 15 is 0 Å². The summed E-state index contributed by atoms with van der Waals surface area (Å²) in [6, 6.07) is 10.5. The van der Waals surface area contributed by atoms with Gasteiger partial charge in [-0.25, -0.2) is 8.42 Å². The monoisotopic (exact) mass is 444 g/mol. The van der Waals surface area contributed by atoms with Crippen LogP contribution in [0.3, 0.4) is 0 Å². The van der Waals surface area contributed by atoms with Crippen LogP contribution in [0.5, 0.6) is 5.75 Å². The molecule has 7 heteroatoms. The molecule has 31 heavy (non-hydrogen) atoms. The summed E-state index contributed by atoms with van der Waals surface area (Å²) < 4.78 is 33.6. The summed E-state index contributed by atoms with van der Waals surface area (Å²) in [5.41, 5.74) is 3.06. The first kappa shape index (κ1) is 23.3. The van der Waals surface area contributed by atoms with Gasteiger partial charge in [0.1, 0.15) is 10.6 Å². The highest BCUT2D eigenvalue weighted by Crippen LogP contribution is 2.31. The van der Waals surface area contributed by atoms with E-state index in [1.165, 1.54) is 17.5 Å². The van der Waals surface area contributed by atoms with Gasteiger partial charge in [0.15, 0.2) is 0 Å². The Bertz CT molecular complexity index is 1040. The summed E-state index contributed by atoms with van der Waals surface area (Å²) in [6.45, 7) is 7.07. The minimum absolute atomic E-state index is 0.0402. The smallest absolute Gasteiger partial charge is 0.255 e. The third kappa shape index (κ3) is 5.10. The number of carbonyl (C=O) groups excluding carboxylic acids is 1. The Morgan fingerprint density at radius 2 is 1.74 bits per heavy atom. The Hall–Kier alpha value is -2.38. The van der Waals surface area contributed by atoms with Gasteiger partial charge in [0.25, 0.3) is 5.91 Å². The lowest BCUT2D eigenvalue weighted by Gasteiger charge is -2.22. The van der Waals surface area contributed by atoms with Crippen LogP contribution in [0.25, 0.3) is 0 Å². The van der Waals surface area contributed by atoms with E-state index in [4.69, 9.17) is 4.74 Å². The van der Waals surface area contributed by atoms with Gasteiger partial charge < -0.3 is 10.1 Å². The Morgan fingerprint density at radius 1 is 1.06 bits per heavy atom. The van der Waals surface area contributed by atoms with E-state index in [1.807, 2.05) is 25.1 Å². The minimum atomic E-state index is -3.76. The van der Waals surface area contributed by atoms with Crippen LogP contribution in [0.15, 0.2) is 41.3 Å². The molecule has 0 aliphatic carbocycles. The molecule has 0 spiro atoms. The Balaban J connectivity index is 1.96. The average molecular weight is 445 g/mol. The van der Waals surface area contributed by atoms with Crippen molar-refractivity contribution >= 4 is 21.6 Å². The highest BCUT2D eigenvalue weighted by atomic mass is 32.2. The lowest BCUT2D eigenvalue weighted by Crippen LogP contribution is -2.32. The van der Waals surface area contributed by atoms with Gasteiger partial charge in [-0.05, 0) is 55.0 Å². The van der Waals surface area contributed by atoms with Gasteiger partial charge in [0, 0.05) is 24.3 Å². The lowest BCUT2D eigenvalue weighted by atomic mass is 9.98. The number of para-hydroxylation sites is 1.